The molecule has 0 spiro atoms. The van der Waals surface area contributed by atoms with Crippen molar-refractivity contribution < 1.29 is 0 Å². The first kappa shape index (κ1) is 18.2. The van der Waals surface area contributed by atoms with Gasteiger partial charge in [0.05, 0.1) is 11.6 Å². The fourth-order valence-corrected chi connectivity index (χ4v) is 4.33. The molecule has 1 aromatic carbocycles. The minimum absolute atomic E-state index is 0.574. The number of allylic oxidation sites excluding steroid dienone is 6. The second-order valence-corrected chi connectivity index (χ2v) is 7.85. The highest BCUT2D eigenvalue weighted by atomic mass is 14.3. The van der Waals surface area contributed by atoms with Gasteiger partial charge in [0.15, 0.2) is 0 Å². The van der Waals surface area contributed by atoms with Crippen LogP contribution in [-0.4, -0.2) is 0 Å². The van der Waals surface area contributed by atoms with Crippen molar-refractivity contribution in [2.45, 2.75) is 47.0 Å². The van der Waals surface area contributed by atoms with Crippen molar-refractivity contribution in [3.05, 3.63) is 75.6 Å². The van der Waals surface area contributed by atoms with Crippen LogP contribution in [0.5, 0.6) is 0 Å². The highest BCUT2D eigenvalue weighted by Gasteiger charge is 2.17. The molecule has 0 saturated carbocycles. The number of hydrogen-bond acceptors (Lipinski definition) is 1. The average Bonchev–Trinajstić information content (AvgIpc) is 2.76. The van der Waals surface area contributed by atoms with E-state index in [0.29, 0.717) is 11.8 Å². The third-order valence-electron chi connectivity index (χ3n) is 5.23. The molecule has 0 heterocycles. The van der Waals surface area contributed by atoms with Crippen LogP contribution in [0.2, 0.25) is 0 Å². The molecule has 0 unspecified atom stereocenters. The summed E-state index contributed by atoms with van der Waals surface area (Å²) < 4.78 is 0. The smallest absolute Gasteiger partial charge is 0.0998 e. The van der Waals surface area contributed by atoms with E-state index in [1.807, 2.05) is 25.1 Å². The van der Waals surface area contributed by atoms with Crippen LogP contribution in [0.1, 0.15) is 62.8 Å². The van der Waals surface area contributed by atoms with Crippen molar-refractivity contribution in [2.75, 3.05) is 0 Å². The minimum atomic E-state index is 0.574. The number of benzene rings is 1. The van der Waals surface area contributed by atoms with E-state index in [1.54, 1.807) is 0 Å². The lowest BCUT2D eigenvalue weighted by atomic mass is 9.84. The van der Waals surface area contributed by atoms with E-state index in [4.69, 9.17) is 0 Å². The minimum Gasteiger partial charge on any atom is -0.192 e. The Kier molecular flexibility index (Phi) is 5.46. The summed E-state index contributed by atoms with van der Waals surface area (Å²) in [6.45, 7) is 8.91. The van der Waals surface area contributed by atoms with Gasteiger partial charge in [0.1, 0.15) is 0 Å². The Bertz CT molecular complexity index is 908. The Morgan fingerprint density at radius 2 is 1.88 bits per heavy atom. The van der Waals surface area contributed by atoms with Crippen LogP contribution in [0.4, 0.5) is 0 Å². The molecule has 0 fully saturated rings. The maximum Gasteiger partial charge on any atom is 0.0998 e. The van der Waals surface area contributed by atoms with E-state index in [-0.39, 0.29) is 0 Å². The summed E-state index contributed by atoms with van der Waals surface area (Å²) in [5.74, 6) is 1.15. The number of nitriles is 1. The molecule has 2 aliphatic carbocycles. The van der Waals surface area contributed by atoms with Crippen molar-refractivity contribution in [1.29, 1.82) is 5.26 Å². The van der Waals surface area contributed by atoms with Gasteiger partial charge >= 0.3 is 0 Å². The number of rotatable bonds is 2. The van der Waals surface area contributed by atoms with Crippen molar-refractivity contribution in [3.8, 4) is 6.07 Å². The second-order valence-electron chi connectivity index (χ2n) is 7.85. The van der Waals surface area contributed by atoms with Crippen LogP contribution < -0.4 is 0 Å². The number of fused-ring (bicyclic) bond motifs is 1. The molecule has 0 bridgehead atoms. The van der Waals surface area contributed by atoms with Gasteiger partial charge in [-0.25, -0.2) is 0 Å². The first-order valence-electron chi connectivity index (χ1n) is 9.51. The van der Waals surface area contributed by atoms with Gasteiger partial charge in [0.2, 0.25) is 0 Å². The maximum absolute atomic E-state index is 9.54. The molecule has 0 aliphatic heterocycles. The van der Waals surface area contributed by atoms with Gasteiger partial charge in [-0.3, -0.25) is 0 Å². The lowest BCUT2D eigenvalue weighted by Crippen LogP contribution is -2.07. The predicted octanol–water partition coefficient (Wildman–Crippen LogP) is 6.62. The fourth-order valence-electron chi connectivity index (χ4n) is 4.33. The summed E-state index contributed by atoms with van der Waals surface area (Å²) in [6.07, 6.45) is 14.2. The van der Waals surface area contributed by atoms with Gasteiger partial charge < -0.3 is 0 Å². The summed E-state index contributed by atoms with van der Waals surface area (Å²) in [7, 11) is 0. The standard InChI is InChI=1S/C25H27N/c1-17-11-18(2)13-21(14-19(3)12-17)15-22-9-10-23(16-26)25-20(4)7-5-6-8-24(22)25/h5-6,8-11,14,18-19H,12-13,15H2,1-4H3/b17-11-,21-14+/t18-,19-/m0/s1. The summed E-state index contributed by atoms with van der Waals surface area (Å²) in [5.41, 5.74) is 11.6. The van der Waals surface area contributed by atoms with Gasteiger partial charge in [-0.05, 0) is 68.2 Å². The van der Waals surface area contributed by atoms with E-state index < -0.39 is 0 Å². The zero-order valence-electron chi connectivity index (χ0n) is 16.3. The summed E-state index contributed by atoms with van der Waals surface area (Å²) >= 11 is 0. The molecule has 2 aliphatic rings. The molecule has 3 rings (SSSR count). The van der Waals surface area contributed by atoms with Crippen LogP contribution in [0.25, 0.3) is 11.6 Å². The van der Waals surface area contributed by atoms with Crippen molar-refractivity contribution in [2.24, 2.45) is 11.8 Å². The zero-order chi connectivity index (χ0) is 18.7. The van der Waals surface area contributed by atoms with Crippen molar-refractivity contribution in [3.63, 3.8) is 0 Å². The van der Waals surface area contributed by atoms with Crippen LogP contribution >= 0.6 is 0 Å². The van der Waals surface area contributed by atoms with Crippen molar-refractivity contribution in [1.82, 2.24) is 0 Å². The Labute approximate surface area is 157 Å². The average molecular weight is 341 g/mol. The van der Waals surface area contributed by atoms with E-state index >= 15 is 0 Å². The van der Waals surface area contributed by atoms with E-state index in [0.717, 1.165) is 36.0 Å². The molecule has 2 atom stereocenters. The predicted molar refractivity (Wildman–Crippen MR) is 110 cm³/mol. The lowest BCUT2D eigenvalue weighted by molar-refractivity contribution is 0.630. The SMILES string of the molecule is CC1=C=CC=Cc2c(C/C3=C/[C@@H](C)C/C(C)=C\[C@H](C)C3)ccc(C#N)c21. The zero-order valence-corrected chi connectivity index (χ0v) is 16.3. The van der Waals surface area contributed by atoms with Gasteiger partial charge in [-0.15, -0.1) is 5.73 Å². The highest BCUT2D eigenvalue weighted by molar-refractivity contribution is 5.80. The molecule has 1 heteroatoms. The molecule has 0 amide bonds. The first-order valence-corrected chi connectivity index (χ1v) is 9.51. The van der Waals surface area contributed by atoms with E-state index in [2.05, 4.69) is 56.9 Å². The van der Waals surface area contributed by atoms with Crippen LogP contribution in [-0.2, 0) is 6.42 Å². The molecule has 0 aromatic heterocycles. The maximum atomic E-state index is 9.54. The highest BCUT2D eigenvalue weighted by Crippen LogP contribution is 2.32. The Balaban J connectivity index is 2.01. The monoisotopic (exact) mass is 341 g/mol. The molecule has 0 radical (unpaired) electrons. The van der Waals surface area contributed by atoms with Gasteiger partial charge in [0, 0.05) is 11.1 Å². The summed E-state index contributed by atoms with van der Waals surface area (Å²) in [5, 5.41) is 9.54. The van der Waals surface area contributed by atoms with Gasteiger partial charge in [-0.1, -0.05) is 55.4 Å². The van der Waals surface area contributed by atoms with Crippen LogP contribution in [0.15, 0.2) is 53.3 Å². The summed E-state index contributed by atoms with van der Waals surface area (Å²) in [4.78, 5) is 0. The lowest BCUT2D eigenvalue weighted by Gasteiger charge is -2.21. The number of hydrogen-bond donors (Lipinski definition) is 0. The largest absolute Gasteiger partial charge is 0.192 e. The Morgan fingerprint density at radius 1 is 1.12 bits per heavy atom. The third kappa shape index (κ3) is 3.98. The van der Waals surface area contributed by atoms with Crippen molar-refractivity contribution >= 4 is 11.6 Å². The molecule has 1 aromatic rings. The van der Waals surface area contributed by atoms with E-state index in [9.17, 15) is 5.26 Å². The quantitative estimate of drug-likeness (QED) is 0.438. The number of nitrogens with zero attached hydrogens (tertiary/aromatic N) is 1. The fraction of sp³-hybridized carbons (Fsp3) is 0.360. The molecule has 0 saturated heterocycles. The molecule has 26 heavy (non-hydrogen) atoms. The molecular formula is C25H27N. The topological polar surface area (TPSA) is 23.8 Å². The molecular weight excluding hydrogens is 314 g/mol. The van der Waals surface area contributed by atoms with Crippen LogP contribution in [0.3, 0.4) is 0 Å². The summed E-state index contributed by atoms with van der Waals surface area (Å²) in [6, 6.07) is 6.46. The molecule has 1 nitrogen and oxygen atoms in total. The first-order chi connectivity index (χ1) is 12.5. The van der Waals surface area contributed by atoms with Crippen LogP contribution in [0, 0.1) is 23.2 Å². The second kappa shape index (κ2) is 7.77. The van der Waals surface area contributed by atoms with Gasteiger partial charge in [0.25, 0.3) is 0 Å². The third-order valence-corrected chi connectivity index (χ3v) is 5.23. The molecule has 0 N–H and O–H groups in total. The Morgan fingerprint density at radius 3 is 2.65 bits per heavy atom. The Hall–Kier alpha value is -2.55. The normalized spacial score (nSPS) is 26.2. The molecule has 132 valence electrons. The van der Waals surface area contributed by atoms with Gasteiger partial charge in [-0.2, -0.15) is 5.26 Å². The van der Waals surface area contributed by atoms with E-state index in [1.165, 1.54) is 22.3 Å².